The Morgan fingerprint density at radius 3 is 2.74 bits per heavy atom. The third-order valence-corrected chi connectivity index (χ3v) is 6.30. The Kier molecular flexibility index (Phi) is 5.48. The summed E-state index contributed by atoms with van der Waals surface area (Å²) in [6.07, 6.45) is 3.41. The highest BCUT2D eigenvalue weighted by Gasteiger charge is 2.21. The SMILES string of the molecule is CC(Nc1c(-c2nc3ccc(C4CNCCO4)cc3[nH]2)c(=O)[nH]c2ccccc12)c1ncccn1. The number of imidazole rings is 1. The molecule has 4 heterocycles. The molecule has 0 bridgehead atoms. The zero-order valence-electron chi connectivity index (χ0n) is 19.2. The molecule has 35 heavy (non-hydrogen) atoms. The summed E-state index contributed by atoms with van der Waals surface area (Å²) in [5.74, 6) is 1.13. The van der Waals surface area contributed by atoms with Gasteiger partial charge in [-0.3, -0.25) is 4.79 Å². The summed E-state index contributed by atoms with van der Waals surface area (Å²) in [7, 11) is 0. The zero-order valence-corrected chi connectivity index (χ0v) is 19.2. The van der Waals surface area contributed by atoms with Gasteiger partial charge in [0.1, 0.15) is 17.2 Å². The Labute approximate surface area is 201 Å². The molecule has 1 aliphatic rings. The number of hydrogen-bond acceptors (Lipinski definition) is 7. The van der Waals surface area contributed by atoms with Gasteiger partial charge in [0.25, 0.3) is 5.56 Å². The topological polar surface area (TPSA) is 121 Å². The minimum atomic E-state index is -0.230. The third kappa shape index (κ3) is 4.05. The zero-order chi connectivity index (χ0) is 23.8. The number of rotatable bonds is 5. The van der Waals surface area contributed by atoms with Gasteiger partial charge in [-0.05, 0) is 36.8 Å². The van der Waals surface area contributed by atoms with Crippen molar-refractivity contribution in [1.82, 2.24) is 30.2 Å². The Hall–Kier alpha value is -4.08. The van der Waals surface area contributed by atoms with E-state index in [1.807, 2.05) is 49.4 Å². The van der Waals surface area contributed by atoms with Crippen LogP contribution in [0.1, 0.15) is 30.5 Å². The summed E-state index contributed by atoms with van der Waals surface area (Å²) in [6, 6.07) is 15.3. The molecule has 0 saturated carbocycles. The molecular weight excluding hydrogens is 442 g/mol. The van der Waals surface area contributed by atoms with Crippen LogP contribution in [-0.4, -0.2) is 44.6 Å². The number of anilines is 1. The van der Waals surface area contributed by atoms with Gasteiger partial charge in [0.05, 0.1) is 41.0 Å². The normalized spacial score (nSPS) is 17.0. The maximum atomic E-state index is 13.3. The first-order valence-electron chi connectivity index (χ1n) is 11.7. The molecule has 0 radical (unpaired) electrons. The van der Waals surface area contributed by atoms with Crippen LogP contribution in [0.15, 0.2) is 65.7 Å². The Morgan fingerprint density at radius 1 is 1.06 bits per heavy atom. The standard InChI is InChI=1S/C26H25N7O2/c1-15(24-28-9-4-10-29-24)30-23-17-5-2-3-6-18(17)33-26(34)22(23)25-31-19-8-7-16(13-20(19)32-25)21-14-27-11-12-35-21/h2-10,13,15,21,27H,11-12,14H2,1H3,(H,31,32)(H2,30,33,34). The first-order valence-corrected chi connectivity index (χ1v) is 11.7. The van der Waals surface area contributed by atoms with Gasteiger partial charge in [0.15, 0.2) is 0 Å². The molecule has 2 aromatic carbocycles. The molecule has 5 aromatic rings. The van der Waals surface area contributed by atoms with Crippen molar-refractivity contribution in [1.29, 1.82) is 0 Å². The van der Waals surface area contributed by atoms with E-state index >= 15 is 0 Å². The molecule has 176 valence electrons. The lowest BCUT2D eigenvalue weighted by atomic mass is 10.1. The monoisotopic (exact) mass is 467 g/mol. The molecular formula is C26H25N7O2. The highest BCUT2D eigenvalue weighted by Crippen LogP contribution is 2.33. The minimum Gasteiger partial charge on any atom is -0.374 e. The van der Waals surface area contributed by atoms with E-state index in [1.165, 1.54) is 0 Å². The molecule has 2 atom stereocenters. The second kappa shape index (κ2) is 8.94. The van der Waals surface area contributed by atoms with Crippen LogP contribution in [-0.2, 0) is 4.74 Å². The summed E-state index contributed by atoms with van der Waals surface area (Å²) in [6.45, 7) is 4.28. The van der Waals surface area contributed by atoms with Gasteiger partial charge in [-0.15, -0.1) is 0 Å². The number of pyridine rings is 1. The number of H-pyrrole nitrogens is 2. The Morgan fingerprint density at radius 2 is 1.91 bits per heavy atom. The van der Waals surface area contributed by atoms with E-state index in [1.54, 1.807) is 18.5 Å². The van der Waals surface area contributed by atoms with Crippen LogP contribution in [0, 0.1) is 0 Å². The van der Waals surface area contributed by atoms with Crippen molar-refractivity contribution in [2.75, 3.05) is 25.0 Å². The quantitative estimate of drug-likeness (QED) is 0.311. The molecule has 9 heteroatoms. The van der Waals surface area contributed by atoms with Gasteiger partial charge >= 0.3 is 0 Å². The average molecular weight is 468 g/mol. The van der Waals surface area contributed by atoms with E-state index in [-0.39, 0.29) is 17.7 Å². The smallest absolute Gasteiger partial charge is 0.261 e. The number of benzene rings is 2. The summed E-state index contributed by atoms with van der Waals surface area (Å²) in [5, 5.41) is 7.73. The predicted molar refractivity (Wildman–Crippen MR) is 135 cm³/mol. The van der Waals surface area contributed by atoms with E-state index in [0.717, 1.165) is 40.6 Å². The molecule has 4 N–H and O–H groups in total. The fourth-order valence-electron chi connectivity index (χ4n) is 4.56. The van der Waals surface area contributed by atoms with Crippen LogP contribution in [0.25, 0.3) is 33.3 Å². The number of nitrogens with zero attached hydrogens (tertiary/aromatic N) is 3. The van der Waals surface area contributed by atoms with Crippen molar-refractivity contribution in [2.45, 2.75) is 19.1 Å². The Balaban J connectivity index is 1.47. The van der Waals surface area contributed by atoms with Crippen LogP contribution < -0.4 is 16.2 Å². The largest absolute Gasteiger partial charge is 0.374 e. The number of nitrogens with one attached hydrogen (secondary N) is 4. The molecule has 3 aromatic heterocycles. The number of para-hydroxylation sites is 1. The number of morpholine rings is 1. The van der Waals surface area contributed by atoms with Crippen molar-refractivity contribution < 1.29 is 4.74 Å². The van der Waals surface area contributed by atoms with Crippen LogP contribution in [0.4, 0.5) is 5.69 Å². The van der Waals surface area contributed by atoms with Crippen LogP contribution in [0.5, 0.6) is 0 Å². The lowest BCUT2D eigenvalue weighted by Crippen LogP contribution is -2.33. The van der Waals surface area contributed by atoms with Gasteiger partial charge in [-0.25, -0.2) is 15.0 Å². The predicted octanol–water partition coefficient (Wildman–Crippen LogP) is 3.70. The molecule has 2 unspecified atom stereocenters. The summed E-state index contributed by atoms with van der Waals surface area (Å²) in [4.78, 5) is 33.2. The molecule has 9 nitrogen and oxygen atoms in total. The second-order valence-corrected chi connectivity index (χ2v) is 8.65. The summed E-state index contributed by atoms with van der Waals surface area (Å²) in [5.41, 5.74) is 4.34. The molecule has 1 saturated heterocycles. The second-order valence-electron chi connectivity index (χ2n) is 8.65. The molecule has 0 aliphatic carbocycles. The van der Waals surface area contributed by atoms with Crippen molar-refractivity contribution in [3.05, 3.63) is 82.7 Å². The van der Waals surface area contributed by atoms with E-state index in [2.05, 4.69) is 30.6 Å². The molecule has 0 amide bonds. The minimum absolute atomic E-state index is 0.00655. The molecule has 6 rings (SSSR count). The number of hydrogen-bond donors (Lipinski definition) is 4. The fraction of sp³-hybridized carbons (Fsp3) is 0.231. The first kappa shape index (κ1) is 21.5. The van der Waals surface area contributed by atoms with Crippen molar-refractivity contribution >= 4 is 27.6 Å². The van der Waals surface area contributed by atoms with Gasteiger partial charge in [-0.1, -0.05) is 24.3 Å². The highest BCUT2D eigenvalue weighted by molar-refractivity contribution is 5.99. The van der Waals surface area contributed by atoms with Crippen molar-refractivity contribution in [3.63, 3.8) is 0 Å². The fourth-order valence-corrected chi connectivity index (χ4v) is 4.56. The van der Waals surface area contributed by atoms with Gasteiger partial charge in [-0.2, -0.15) is 0 Å². The highest BCUT2D eigenvalue weighted by atomic mass is 16.5. The van der Waals surface area contributed by atoms with Crippen LogP contribution >= 0.6 is 0 Å². The average Bonchev–Trinajstić information content (AvgIpc) is 3.32. The van der Waals surface area contributed by atoms with E-state index in [0.29, 0.717) is 29.5 Å². The lowest BCUT2D eigenvalue weighted by molar-refractivity contribution is 0.0278. The summed E-state index contributed by atoms with van der Waals surface area (Å²) < 4.78 is 5.90. The molecule has 1 fully saturated rings. The van der Waals surface area contributed by atoms with E-state index in [9.17, 15) is 4.79 Å². The van der Waals surface area contributed by atoms with E-state index in [4.69, 9.17) is 9.72 Å². The van der Waals surface area contributed by atoms with E-state index < -0.39 is 0 Å². The van der Waals surface area contributed by atoms with Crippen molar-refractivity contribution in [3.8, 4) is 11.4 Å². The van der Waals surface area contributed by atoms with Gasteiger partial charge < -0.3 is 25.3 Å². The van der Waals surface area contributed by atoms with Crippen molar-refractivity contribution in [2.24, 2.45) is 0 Å². The molecule has 0 spiro atoms. The number of aromatic amines is 2. The summed E-state index contributed by atoms with van der Waals surface area (Å²) >= 11 is 0. The van der Waals surface area contributed by atoms with Gasteiger partial charge in [0.2, 0.25) is 0 Å². The maximum Gasteiger partial charge on any atom is 0.261 e. The third-order valence-electron chi connectivity index (χ3n) is 6.30. The number of aromatic nitrogens is 5. The number of fused-ring (bicyclic) bond motifs is 2. The Bertz CT molecular complexity index is 1560. The lowest BCUT2D eigenvalue weighted by Gasteiger charge is -2.23. The van der Waals surface area contributed by atoms with Crippen LogP contribution in [0.2, 0.25) is 0 Å². The van der Waals surface area contributed by atoms with Gasteiger partial charge in [0, 0.05) is 30.9 Å². The number of ether oxygens (including phenoxy) is 1. The van der Waals surface area contributed by atoms with Crippen LogP contribution in [0.3, 0.4) is 0 Å². The maximum absolute atomic E-state index is 13.3. The first-order chi connectivity index (χ1) is 17.2. The molecule has 1 aliphatic heterocycles.